The first-order valence-corrected chi connectivity index (χ1v) is 6.42. The van der Waals surface area contributed by atoms with Crippen LogP contribution in [0.4, 0.5) is 8.78 Å². The van der Waals surface area contributed by atoms with Crippen LogP contribution >= 0.6 is 0 Å². The normalized spacial score (nSPS) is 22.1. The maximum atomic E-state index is 13.1. The van der Waals surface area contributed by atoms with Gasteiger partial charge in [0.2, 0.25) is 5.91 Å². The number of amides is 1. The molecule has 0 aliphatic heterocycles. The molecule has 4 nitrogen and oxygen atoms in total. The average Bonchev–Trinajstić information content (AvgIpc) is 3.19. The van der Waals surface area contributed by atoms with E-state index < -0.39 is 23.6 Å². The average molecular weight is 283 g/mol. The van der Waals surface area contributed by atoms with Gasteiger partial charge in [0, 0.05) is 5.92 Å². The Morgan fingerprint density at radius 2 is 2.10 bits per heavy atom. The number of benzene rings is 1. The quantitative estimate of drug-likeness (QED) is 0.869. The third-order valence-corrected chi connectivity index (χ3v) is 3.52. The third kappa shape index (κ3) is 2.95. The van der Waals surface area contributed by atoms with Crippen molar-refractivity contribution in [3.8, 4) is 0 Å². The van der Waals surface area contributed by atoms with Crippen molar-refractivity contribution in [1.29, 1.82) is 0 Å². The third-order valence-electron chi connectivity index (χ3n) is 3.52. The molecule has 6 heteroatoms. The van der Waals surface area contributed by atoms with Gasteiger partial charge in [-0.3, -0.25) is 4.79 Å². The monoisotopic (exact) mass is 283 g/mol. The molecule has 1 aromatic rings. The molecule has 1 aromatic carbocycles. The highest BCUT2D eigenvalue weighted by Crippen LogP contribution is 2.47. The van der Waals surface area contributed by atoms with Crippen LogP contribution in [0.5, 0.6) is 0 Å². The molecule has 2 rings (SSSR count). The summed E-state index contributed by atoms with van der Waals surface area (Å²) in [5, 5.41) is 11.3. The van der Waals surface area contributed by atoms with Crippen LogP contribution in [-0.4, -0.2) is 23.0 Å². The molecule has 0 radical (unpaired) electrons. The van der Waals surface area contributed by atoms with Crippen LogP contribution in [0.15, 0.2) is 18.2 Å². The van der Waals surface area contributed by atoms with Crippen LogP contribution in [0, 0.1) is 17.6 Å². The predicted molar refractivity (Wildman–Crippen MR) is 67.1 cm³/mol. The van der Waals surface area contributed by atoms with E-state index in [0.717, 1.165) is 12.1 Å². The summed E-state index contributed by atoms with van der Waals surface area (Å²) in [7, 11) is 0. The van der Waals surface area contributed by atoms with Gasteiger partial charge in [0.1, 0.15) is 6.04 Å². The minimum atomic E-state index is -1.08. The van der Waals surface area contributed by atoms with Gasteiger partial charge in [-0.2, -0.15) is 0 Å². The van der Waals surface area contributed by atoms with E-state index in [9.17, 15) is 18.4 Å². The van der Waals surface area contributed by atoms with E-state index in [-0.39, 0.29) is 17.7 Å². The molecule has 20 heavy (non-hydrogen) atoms. The lowest BCUT2D eigenvalue weighted by molar-refractivity contribution is -0.142. The summed E-state index contributed by atoms with van der Waals surface area (Å²) in [6, 6.07) is 2.66. The molecule has 2 N–H and O–H groups in total. The fourth-order valence-corrected chi connectivity index (χ4v) is 2.21. The summed E-state index contributed by atoms with van der Waals surface area (Å²) in [6.45, 7) is 1.67. The zero-order valence-corrected chi connectivity index (χ0v) is 10.9. The summed E-state index contributed by atoms with van der Waals surface area (Å²) in [4.78, 5) is 22.7. The lowest BCUT2D eigenvalue weighted by Gasteiger charge is -2.12. The second-order valence-corrected chi connectivity index (χ2v) is 4.93. The number of aliphatic carboxylic acids is 1. The second kappa shape index (κ2) is 5.56. The number of carbonyl (C=O) groups is 2. The van der Waals surface area contributed by atoms with Gasteiger partial charge in [0.25, 0.3) is 0 Å². The van der Waals surface area contributed by atoms with Crippen molar-refractivity contribution in [3.63, 3.8) is 0 Å². The Bertz CT molecular complexity index is 547. The Morgan fingerprint density at radius 3 is 2.65 bits per heavy atom. The van der Waals surface area contributed by atoms with E-state index in [1.54, 1.807) is 6.92 Å². The number of halogens is 2. The number of rotatable bonds is 5. The van der Waals surface area contributed by atoms with E-state index in [0.29, 0.717) is 18.4 Å². The molecular weight excluding hydrogens is 268 g/mol. The molecule has 0 saturated heterocycles. The van der Waals surface area contributed by atoms with Crippen molar-refractivity contribution in [2.24, 2.45) is 5.92 Å². The van der Waals surface area contributed by atoms with Crippen molar-refractivity contribution in [2.45, 2.75) is 31.7 Å². The topological polar surface area (TPSA) is 66.4 Å². The van der Waals surface area contributed by atoms with E-state index in [1.807, 2.05) is 0 Å². The molecule has 1 amide bonds. The second-order valence-electron chi connectivity index (χ2n) is 4.93. The molecule has 0 spiro atoms. The first kappa shape index (κ1) is 14.4. The summed E-state index contributed by atoms with van der Waals surface area (Å²) in [5.74, 6) is -3.83. The number of hydrogen-bond acceptors (Lipinski definition) is 2. The molecule has 1 saturated carbocycles. The van der Waals surface area contributed by atoms with E-state index in [4.69, 9.17) is 5.11 Å². The SMILES string of the molecule is CCC(NC(=O)C1CC1c1ccc(F)c(F)c1)C(=O)O. The highest BCUT2D eigenvalue weighted by molar-refractivity contribution is 5.87. The standard InChI is InChI=1S/C14H15F2NO3/c1-2-12(14(19)20)17-13(18)9-6-8(9)7-3-4-10(15)11(16)5-7/h3-5,8-9,12H,2,6H2,1H3,(H,17,18)(H,19,20). The van der Waals surface area contributed by atoms with Gasteiger partial charge in [-0.25, -0.2) is 13.6 Å². The number of carboxylic acids is 1. The van der Waals surface area contributed by atoms with Gasteiger partial charge in [-0.15, -0.1) is 0 Å². The Kier molecular flexibility index (Phi) is 4.01. The number of carboxylic acid groups (broad SMARTS) is 1. The first-order valence-electron chi connectivity index (χ1n) is 6.42. The largest absolute Gasteiger partial charge is 0.480 e. The molecule has 0 bridgehead atoms. The van der Waals surface area contributed by atoms with Gasteiger partial charge in [-0.05, 0) is 36.5 Å². The summed E-state index contributed by atoms with van der Waals surface area (Å²) < 4.78 is 25.9. The van der Waals surface area contributed by atoms with Crippen molar-refractivity contribution in [2.75, 3.05) is 0 Å². The van der Waals surface area contributed by atoms with Gasteiger partial charge >= 0.3 is 5.97 Å². The van der Waals surface area contributed by atoms with Crippen molar-refractivity contribution in [1.82, 2.24) is 5.32 Å². The zero-order chi connectivity index (χ0) is 14.9. The maximum absolute atomic E-state index is 13.1. The highest BCUT2D eigenvalue weighted by Gasteiger charge is 2.44. The molecule has 1 fully saturated rings. The number of nitrogens with one attached hydrogen (secondary N) is 1. The van der Waals surface area contributed by atoms with Crippen LogP contribution < -0.4 is 5.32 Å². The fourth-order valence-electron chi connectivity index (χ4n) is 2.21. The number of carbonyl (C=O) groups excluding carboxylic acids is 1. The Hall–Kier alpha value is -1.98. The fraction of sp³-hybridized carbons (Fsp3) is 0.429. The van der Waals surface area contributed by atoms with E-state index >= 15 is 0 Å². The summed E-state index contributed by atoms with van der Waals surface area (Å²) in [6.07, 6.45) is 0.816. The molecular formula is C14H15F2NO3. The molecule has 0 heterocycles. The predicted octanol–water partition coefficient (Wildman–Crippen LogP) is 2.05. The maximum Gasteiger partial charge on any atom is 0.326 e. The van der Waals surface area contributed by atoms with E-state index in [1.165, 1.54) is 6.07 Å². The molecule has 3 atom stereocenters. The molecule has 3 unspecified atom stereocenters. The Morgan fingerprint density at radius 1 is 1.40 bits per heavy atom. The zero-order valence-electron chi connectivity index (χ0n) is 10.9. The first-order chi connectivity index (χ1) is 9.43. The summed E-state index contributed by atoms with van der Waals surface area (Å²) in [5.41, 5.74) is 0.562. The van der Waals surface area contributed by atoms with Crippen LogP contribution in [0.1, 0.15) is 31.2 Å². The lowest BCUT2D eigenvalue weighted by Crippen LogP contribution is -2.41. The van der Waals surface area contributed by atoms with Gasteiger partial charge in [-0.1, -0.05) is 13.0 Å². The van der Waals surface area contributed by atoms with Crippen LogP contribution in [0.3, 0.4) is 0 Å². The molecule has 1 aliphatic rings. The van der Waals surface area contributed by atoms with Crippen molar-refractivity contribution >= 4 is 11.9 Å². The van der Waals surface area contributed by atoms with Crippen molar-refractivity contribution < 1.29 is 23.5 Å². The van der Waals surface area contributed by atoms with Gasteiger partial charge in [0.05, 0.1) is 0 Å². The Labute approximate surface area is 114 Å². The highest BCUT2D eigenvalue weighted by atomic mass is 19.2. The lowest BCUT2D eigenvalue weighted by atomic mass is 10.1. The molecule has 0 aromatic heterocycles. The Balaban J connectivity index is 1.98. The van der Waals surface area contributed by atoms with E-state index in [2.05, 4.69) is 5.32 Å². The summed E-state index contributed by atoms with van der Waals surface area (Å²) >= 11 is 0. The van der Waals surface area contributed by atoms with Gasteiger partial charge in [0.15, 0.2) is 11.6 Å². The van der Waals surface area contributed by atoms with Crippen LogP contribution in [0.25, 0.3) is 0 Å². The molecule has 1 aliphatic carbocycles. The van der Waals surface area contributed by atoms with Gasteiger partial charge < -0.3 is 10.4 Å². The molecule has 108 valence electrons. The smallest absolute Gasteiger partial charge is 0.326 e. The minimum absolute atomic E-state index is 0.170. The minimum Gasteiger partial charge on any atom is -0.480 e. The van der Waals surface area contributed by atoms with Crippen molar-refractivity contribution in [3.05, 3.63) is 35.4 Å². The number of hydrogen-bond donors (Lipinski definition) is 2. The van der Waals surface area contributed by atoms with Crippen LogP contribution in [-0.2, 0) is 9.59 Å². The van der Waals surface area contributed by atoms with Crippen LogP contribution in [0.2, 0.25) is 0 Å².